The van der Waals surface area contributed by atoms with Crippen LogP contribution in [-0.4, -0.2) is 20.6 Å². The van der Waals surface area contributed by atoms with E-state index in [-0.39, 0.29) is 5.56 Å². The molecule has 0 bridgehead atoms. The van der Waals surface area contributed by atoms with Crippen LogP contribution in [0.1, 0.15) is 12.5 Å². The molecule has 168 valence electrons. The third-order valence-electron chi connectivity index (χ3n) is 6.04. The largest absolute Gasteiger partial charge is 0.493 e. The third kappa shape index (κ3) is 3.66. The van der Waals surface area contributed by atoms with E-state index in [0.717, 1.165) is 44.8 Å². The number of aromatic nitrogens is 3. The second-order valence-corrected chi connectivity index (χ2v) is 9.63. The smallest absolute Gasteiger partial charge is 0.274 e. The Morgan fingerprint density at radius 3 is 2.56 bits per heavy atom. The Balaban J connectivity index is 1.35. The number of nitrogens with zero attached hydrogens (tertiary/aromatic N) is 3. The average molecular weight is 466 g/mol. The second kappa shape index (κ2) is 8.47. The van der Waals surface area contributed by atoms with Crippen molar-refractivity contribution in [3.05, 3.63) is 106 Å². The van der Waals surface area contributed by atoms with Crippen LogP contribution >= 0.6 is 11.3 Å². The Kier molecular flexibility index (Phi) is 5.15. The van der Waals surface area contributed by atoms with E-state index in [0.29, 0.717) is 17.1 Å². The Bertz CT molecular complexity index is 1730. The maximum absolute atomic E-state index is 13.2. The molecule has 0 aliphatic carbocycles. The minimum Gasteiger partial charge on any atom is -0.493 e. The molecule has 1 atom stereocenters. The highest BCUT2D eigenvalue weighted by atomic mass is 32.1. The lowest BCUT2D eigenvalue weighted by Gasteiger charge is -2.14. The standard InChI is InChI=1S/C28H23N3O2S/c1-19(18-33-21-9-3-2-4-10-21)16-30-17-20(22-11-5-7-13-24(22)30)15-26-27(32)31-25-14-8-6-12-23(25)29-28(31)34-26/h2-15,17,19H,16,18H2,1H3/b26-15-/t19-/m0/s1. The van der Waals surface area contributed by atoms with Gasteiger partial charge in [0.2, 0.25) is 0 Å². The van der Waals surface area contributed by atoms with Gasteiger partial charge in [0.1, 0.15) is 5.75 Å². The van der Waals surface area contributed by atoms with E-state index in [1.807, 2.05) is 66.7 Å². The highest BCUT2D eigenvalue weighted by Crippen LogP contribution is 2.24. The summed E-state index contributed by atoms with van der Waals surface area (Å²) in [6, 6.07) is 26.0. The third-order valence-corrected chi connectivity index (χ3v) is 7.01. The lowest BCUT2D eigenvalue weighted by molar-refractivity contribution is 0.245. The SMILES string of the molecule is C[C@H](COc1ccccc1)Cn1cc(/C=c2\sc3nc4ccccc4n3c2=O)c2ccccc21. The number of hydrogen-bond donors (Lipinski definition) is 0. The van der Waals surface area contributed by atoms with Gasteiger partial charge in [0, 0.05) is 35.1 Å². The van der Waals surface area contributed by atoms with Crippen LogP contribution in [0.5, 0.6) is 5.75 Å². The maximum Gasteiger partial charge on any atom is 0.274 e. The summed E-state index contributed by atoms with van der Waals surface area (Å²) in [5, 5.41) is 1.13. The van der Waals surface area contributed by atoms with E-state index in [2.05, 4.69) is 40.9 Å². The van der Waals surface area contributed by atoms with Crippen LogP contribution in [0, 0.1) is 5.92 Å². The first-order valence-electron chi connectivity index (χ1n) is 11.3. The quantitative estimate of drug-likeness (QED) is 0.343. The monoisotopic (exact) mass is 465 g/mol. The van der Waals surface area contributed by atoms with Crippen LogP contribution in [0.2, 0.25) is 0 Å². The first-order chi connectivity index (χ1) is 16.7. The molecule has 0 aliphatic rings. The molecular weight excluding hydrogens is 442 g/mol. The number of rotatable bonds is 6. The molecule has 0 amide bonds. The van der Waals surface area contributed by atoms with Crippen LogP contribution in [-0.2, 0) is 6.54 Å². The molecule has 0 saturated heterocycles. The van der Waals surface area contributed by atoms with Crippen molar-refractivity contribution in [2.24, 2.45) is 5.92 Å². The van der Waals surface area contributed by atoms with Gasteiger partial charge in [-0.25, -0.2) is 9.38 Å². The highest BCUT2D eigenvalue weighted by Gasteiger charge is 2.13. The zero-order valence-electron chi connectivity index (χ0n) is 18.7. The maximum atomic E-state index is 13.2. The van der Waals surface area contributed by atoms with E-state index >= 15 is 0 Å². The van der Waals surface area contributed by atoms with E-state index in [1.165, 1.54) is 11.3 Å². The predicted octanol–water partition coefficient (Wildman–Crippen LogP) is 5.13. The van der Waals surface area contributed by atoms with Crippen molar-refractivity contribution in [2.45, 2.75) is 13.5 Å². The van der Waals surface area contributed by atoms with Crippen molar-refractivity contribution in [1.82, 2.24) is 14.0 Å². The highest BCUT2D eigenvalue weighted by molar-refractivity contribution is 7.15. The van der Waals surface area contributed by atoms with Gasteiger partial charge < -0.3 is 9.30 Å². The number of fused-ring (bicyclic) bond motifs is 4. The molecule has 3 aromatic heterocycles. The lowest BCUT2D eigenvalue weighted by atomic mass is 10.1. The molecule has 0 aliphatic heterocycles. The van der Waals surface area contributed by atoms with Crippen LogP contribution in [0.3, 0.4) is 0 Å². The van der Waals surface area contributed by atoms with E-state index < -0.39 is 0 Å². The van der Waals surface area contributed by atoms with Gasteiger partial charge in [-0.3, -0.25) is 4.79 Å². The molecule has 6 aromatic rings. The minimum absolute atomic E-state index is 0.0184. The Morgan fingerprint density at radius 2 is 1.71 bits per heavy atom. The van der Waals surface area contributed by atoms with Gasteiger partial charge in [0.05, 0.1) is 22.2 Å². The molecule has 5 nitrogen and oxygen atoms in total. The van der Waals surface area contributed by atoms with E-state index in [4.69, 9.17) is 4.74 Å². The summed E-state index contributed by atoms with van der Waals surface area (Å²) in [4.78, 5) is 18.6. The molecule has 6 rings (SSSR count). The Hall–Kier alpha value is -3.90. The average Bonchev–Trinajstić information content (AvgIpc) is 3.50. The number of hydrogen-bond acceptors (Lipinski definition) is 4. The fourth-order valence-corrected chi connectivity index (χ4v) is 5.42. The zero-order chi connectivity index (χ0) is 23.1. The molecule has 0 N–H and O–H groups in total. The normalized spacial score (nSPS) is 13.3. The minimum atomic E-state index is -0.0184. The first-order valence-corrected chi connectivity index (χ1v) is 12.2. The Labute approximate surface area is 200 Å². The number of para-hydroxylation sites is 4. The number of imidazole rings is 1. The van der Waals surface area contributed by atoms with Crippen molar-refractivity contribution < 1.29 is 4.74 Å². The fraction of sp³-hybridized carbons (Fsp3) is 0.143. The summed E-state index contributed by atoms with van der Waals surface area (Å²) in [7, 11) is 0. The summed E-state index contributed by atoms with van der Waals surface area (Å²) in [5.41, 5.74) is 3.88. The van der Waals surface area contributed by atoms with Crippen molar-refractivity contribution in [3.8, 4) is 5.75 Å². The summed E-state index contributed by atoms with van der Waals surface area (Å²) in [5.74, 6) is 1.20. The van der Waals surface area contributed by atoms with Gasteiger partial charge in [-0.15, -0.1) is 0 Å². The molecule has 3 aromatic carbocycles. The van der Waals surface area contributed by atoms with Crippen molar-refractivity contribution in [2.75, 3.05) is 6.61 Å². The summed E-state index contributed by atoms with van der Waals surface area (Å²) < 4.78 is 10.6. The van der Waals surface area contributed by atoms with Crippen molar-refractivity contribution in [3.63, 3.8) is 0 Å². The van der Waals surface area contributed by atoms with Gasteiger partial charge >= 0.3 is 0 Å². The molecule has 34 heavy (non-hydrogen) atoms. The topological polar surface area (TPSA) is 48.5 Å². The zero-order valence-corrected chi connectivity index (χ0v) is 19.5. The van der Waals surface area contributed by atoms with Gasteiger partial charge in [-0.05, 0) is 36.4 Å². The number of benzene rings is 3. The molecule has 0 radical (unpaired) electrons. The van der Waals surface area contributed by atoms with Crippen LogP contribution < -0.4 is 14.8 Å². The molecule has 0 unspecified atom stereocenters. The molecule has 0 fully saturated rings. The van der Waals surface area contributed by atoms with Crippen molar-refractivity contribution >= 4 is 44.3 Å². The second-order valence-electron chi connectivity index (χ2n) is 8.62. The summed E-state index contributed by atoms with van der Waals surface area (Å²) in [6.45, 7) is 3.65. The Morgan fingerprint density at radius 1 is 0.971 bits per heavy atom. The molecular formula is C28H23N3O2S. The lowest BCUT2D eigenvalue weighted by Crippen LogP contribution is -2.22. The molecule has 3 heterocycles. The van der Waals surface area contributed by atoms with E-state index in [9.17, 15) is 4.79 Å². The predicted molar refractivity (Wildman–Crippen MR) is 139 cm³/mol. The summed E-state index contributed by atoms with van der Waals surface area (Å²) in [6.07, 6.45) is 4.14. The van der Waals surface area contributed by atoms with Gasteiger partial charge in [0.15, 0.2) is 4.96 Å². The van der Waals surface area contributed by atoms with Crippen LogP contribution in [0.25, 0.3) is 33.0 Å². The van der Waals surface area contributed by atoms with Gasteiger partial charge in [0.25, 0.3) is 5.56 Å². The van der Waals surface area contributed by atoms with Gasteiger partial charge in [-0.2, -0.15) is 0 Å². The molecule has 6 heteroatoms. The summed E-state index contributed by atoms with van der Waals surface area (Å²) >= 11 is 1.44. The van der Waals surface area contributed by atoms with Crippen LogP contribution in [0.15, 0.2) is 89.9 Å². The number of ether oxygens (including phenoxy) is 1. The van der Waals surface area contributed by atoms with Crippen molar-refractivity contribution in [1.29, 1.82) is 0 Å². The number of thiazole rings is 1. The molecule has 0 saturated carbocycles. The fourth-order valence-electron chi connectivity index (χ4n) is 4.44. The van der Waals surface area contributed by atoms with E-state index in [1.54, 1.807) is 4.40 Å². The first kappa shape index (κ1) is 20.7. The van der Waals surface area contributed by atoms with Gasteiger partial charge in [-0.1, -0.05) is 66.8 Å². The molecule has 0 spiro atoms. The van der Waals surface area contributed by atoms with Crippen LogP contribution in [0.4, 0.5) is 0 Å².